The third-order valence-corrected chi connectivity index (χ3v) is 4.51. The molecule has 3 rings (SSSR count). The molecule has 1 heterocycles. The van der Waals surface area contributed by atoms with Crippen LogP contribution >= 0.6 is 11.6 Å². The van der Waals surface area contributed by atoms with Crippen molar-refractivity contribution in [2.75, 3.05) is 0 Å². The summed E-state index contributed by atoms with van der Waals surface area (Å²) in [5.41, 5.74) is -0.846. The predicted octanol–water partition coefficient (Wildman–Crippen LogP) is 1.56. The number of nitrogens with zero attached hydrogens (tertiary/aromatic N) is 4. The van der Waals surface area contributed by atoms with Gasteiger partial charge in [0.15, 0.2) is 0 Å². The van der Waals surface area contributed by atoms with Gasteiger partial charge in [-0.2, -0.15) is 0 Å². The molecule has 1 fully saturated rings. The highest BCUT2D eigenvalue weighted by molar-refractivity contribution is 6.26. The second-order valence-corrected chi connectivity index (χ2v) is 6.00. The fourth-order valence-electron chi connectivity index (χ4n) is 2.41. The molecule has 0 amide bonds. The van der Waals surface area contributed by atoms with Crippen LogP contribution < -0.4 is 0 Å². The fourth-order valence-corrected chi connectivity index (χ4v) is 2.63. The number of alkyl halides is 1. The van der Waals surface area contributed by atoms with Crippen molar-refractivity contribution in [1.82, 2.24) is 20.2 Å². The molecule has 106 valence electrons. The zero-order valence-electron chi connectivity index (χ0n) is 10.7. The lowest BCUT2D eigenvalue weighted by Crippen LogP contribution is -2.47. The normalized spacial score (nSPS) is 19.6. The number of tetrazole rings is 1. The minimum Gasteiger partial charge on any atom is -0.386 e. The van der Waals surface area contributed by atoms with Gasteiger partial charge >= 0.3 is 0 Å². The molecule has 1 aliphatic carbocycles. The second-order valence-electron chi connectivity index (χ2n) is 5.27. The first-order valence-corrected chi connectivity index (χ1v) is 6.76. The van der Waals surface area contributed by atoms with Gasteiger partial charge in [-0.15, -0.1) is 16.7 Å². The largest absolute Gasteiger partial charge is 0.386 e. The number of aliphatic hydroxyl groups is 1. The number of halogens is 2. The van der Waals surface area contributed by atoms with E-state index in [4.69, 9.17) is 11.6 Å². The summed E-state index contributed by atoms with van der Waals surface area (Å²) in [4.78, 5) is -0.735. The molecule has 1 saturated carbocycles. The average molecular weight is 297 g/mol. The molecule has 5 nitrogen and oxygen atoms in total. The Kier molecular flexibility index (Phi) is 3.22. The van der Waals surface area contributed by atoms with Gasteiger partial charge in [-0.05, 0) is 34.9 Å². The molecule has 0 saturated heterocycles. The van der Waals surface area contributed by atoms with E-state index in [9.17, 15) is 9.50 Å². The van der Waals surface area contributed by atoms with Gasteiger partial charge in [0.1, 0.15) is 17.7 Å². The fraction of sp³-hybridized carbons (Fsp3) is 0.462. The van der Waals surface area contributed by atoms with Crippen LogP contribution in [0.25, 0.3) is 0 Å². The maximum atomic E-state index is 13.8. The van der Waals surface area contributed by atoms with Crippen LogP contribution in [0.3, 0.4) is 0 Å². The molecular formula is C13H14ClFN4O. The first kappa shape index (κ1) is 13.5. The van der Waals surface area contributed by atoms with Gasteiger partial charge in [0, 0.05) is 6.42 Å². The Hall–Kier alpha value is -1.53. The van der Waals surface area contributed by atoms with E-state index in [-0.39, 0.29) is 18.8 Å². The summed E-state index contributed by atoms with van der Waals surface area (Å²) in [6.45, 7) is 0.137. The molecular weight excluding hydrogens is 283 g/mol. The van der Waals surface area contributed by atoms with Crippen LogP contribution in [0, 0.1) is 5.82 Å². The van der Waals surface area contributed by atoms with Gasteiger partial charge in [-0.25, -0.2) is 9.07 Å². The minimum absolute atomic E-state index is 0.128. The van der Waals surface area contributed by atoms with Crippen molar-refractivity contribution in [3.63, 3.8) is 0 Å². The lowest BCUT2D eigenvalue weighted by atomic mass is 9.88. The molecule has 1 unspecified atom stereocenters. The molecule has 1 N–H and O–H groups in total. The summed E-state index contributed by atoms with van der Waals surface area (Å²) < 4.78 is 15.2. The Morgan fingerprint density at radius 1 is 1.40 bits per heavy atom. The zero-order chi connectivity index (χ0) is 14.2. The van der Waals surface area contributed by atoms with E-state index < -0.39 is 10.5 Å². The Morgan fingerprint density at radius 2 is 2.15 bits per heavy atom. The summed E-state index contributed by atoms with van der Waals surface area (Å²) in [6, 6.07) is 6.39. The Morgan fingerprint density at radius 3 is 2.75 bits per heavy atom. The van der Waals surface area contributed by atoms with E-state index in [1.807, 2.05) is 0 Å². The standard InChI is InChI=1S/C13H14ClFN4O/c14-12(5-6-12)13(20,8-19-9-16-17-18-19)7-10-3-1-2-4-11(10)15/h1-4,9,20H,5-8H2. The maximum absolute atomic E-state index is 13.8. The molecule has 1 atom stereocenters. The zero-order valence-corrected chi connectivity index (χ0v) is 11.5. The van der Waals surface area contributed by atoms with Gasteiger partial charge in [0.25, 0.3) is 0 Å². The molecule has 0 spiro atoms. The lowest BCUT2D eigenvalue weighted by Gasteiger charge is -2.32. The number of hydrogen-bond donors (Lipinski definition) is 1. The molecule has 0 bridgehead atoms. The Balaban J connectivity index is 1.89. The van der Waals surface area contributed by atoms with Gasteiger partial charge in [0.05, 0.1) is 11.4 Å². The van der Waals surface area contributed by atoms with E-state index in [2.05, 4.69) is 15.5 Å². The summed E-state index contributed by atoms with van der Waals surface area (Å²) in [7, 11) is 0. The molecule has 1 aliphatic rings. The predicted molar refractivity (Wildman–Crippen MR) is 70.7 cm³/mol. The highest BCUT2D eigenvalue weighted by atomic mass is 35.5. The number of benzene rings is 1. The number of rotatable bonds is 5. The van der Waals surface area contributed by atoms with Crippen molar-refractivity contribution in [3.8, 4) is 0 Å². The molecule has 7 heteroatoms. The highest BCUT2D eigenvalue weighted by Gasteiger charge is 2.58. The third kappa shape index (κ3) is 2.41. The van der Waals surface area contributed by atoms with Crippen molar-refractivity contribution in [1.29, 1.82) is 0 Å². The number of aromatic nitrogens is 4. The smallest absolute Gasteiger partial charge is 0.138 e. The SMILES string of the molecule is OC(Cc1ccccc1F)(Cn1cnnn1)C1(Cl)CC1. The van der Waals surface area contributed by atoms with Crippen LogP contribution in [0.4, 0.5) is 4.39 Å². The minimum atomic E-state index is -1.29. The van der Waals surface area contributed by atoms with E-state index in [0.717, 1.165) is 0 Å². The number of hydrogen-bond acceptors (Lipinski definition) is 4. The first-order valence-electron chi connectivity index (χ1n) is 6.38. The van der Waals surface area contributed by atoms with Crippen molar-refractivity contribution < 1.29 is 9.50 Å². The van der Waals surface area contributed by atoms with Gasteiger partial charge < -0.3 is 5.11 Å². The lowest BCUT2D eigenvalue weighted by molar-refractivity contribution is 0.00653. The van der Waals surface area contributed by atoms with Crippen LogP contribution in [-0.4, -0.2) is 35.8 Å². The highest BCUT2D eigenvalue weighted by Crippen LogP contribution is 2.52. The van der Waals surface area contributed by atoms with Crippen LogP contribution in [0.5, 0.6) is 0 Å². The maximum Gasteiger partial charge on any atom is 0.138 e. The average Bonchev–Trinajstić information content (AvgIpc) is 2.98. The van der Waals surface area contributed by atoms with Gasteiger partial charge in [-0.3, -0.25) is 0 Å². The van der Waals surface area contributed by atoms with E-state index in [1.165, 1.54) is 17.1 Å². The van der Waals surface area contributed by atoms with Crippen LogP contribution in [0.2, 0.25) is 0 Å². The molecule has 0 radical (unpaired) electrons. The van der Waals surface area contributed by atoms with Gasteiger partial charge in [0.2, 0.25) is 0 Å². The van der Waals surface area contributed by atoms with Crippen molar-refractivity contribution >= 4 is 11.6 Å². The second kappa shape index (κ2) is 4.79. The van der Waals surface area contributed by atoms with Crippen molar-refractivity contribution in [2.45, 2.75) is 36.3 Å². The Labute approximate surface area is 120 Å². The van der Waals surface area contributed by atoms with E-state index in [0.29, 0.717) is 18.4 Å². The molecule has 2 aromatic rings. The Bertz CT molecular complexity index is 602. The quantitative estimate of drug-likeness (QED) is 0.851. The summed E-state index contributed by atoms with van der Waals surface area (Å²) in [5, 5.41) is 21.8. The summed E-state index contributed by atoms with van der Waals surface area (Å²) in [5.74, 6) is -0.344. The first-order chi connectivity index (χ1) is 9.52. The van der Waals surface area contributed by atoms with Crippen LogP contribution in [0.1, 0.15) is 18.4 Å². The monoisotopic (exact) mass is 296 g/mol. The molecule has 1 aromatic heterocycles. The summed E-state index contributed by atoms with van der Waals surface area (Å²) in [6.07, 6.45) is 2.93. The molecule has 1 aromatic carbocycles. The van der Waals surface area contributed by atoms with Crippen LogP contribution in [-0.2, 0) is 13.0 Å². The van der Waals surface area contributed by atoms with Crippen LogP contribution in [0.15, 0.2) is 30.6 Å². The van der Waals surface area contributed by atoms with Crippen molar-refractivity contribution in [3.05, 3.63) is 42.0 Å². The topological polar surface area (TPSA) is 63.8 Å². The van der Waals surface area contributed by atoms with Gasteiger partial charge in [-0.1, -0.05) is 18.2 Å². The summed E-state index contributed by atoms with van der Waals surface area (Å²) >= 11 is 6.42. The molecule has 20 heavy (non-hydrogen) atoms. The molecule has 0 aliphatic heterocycles. The van der Waals surface area contributed by atoms with E-state index >= 15 is 0 Å². The van der Waals surface area contributed by atoms with E-state index in [1.54, 1.807) is 18.2 Å². The van der Waals surface area contributed by atoms with Crippen molar-refractivity contribution in [2.24, 2.45) is 0 Å². The third-order valence-electron chi connectivity index (χ3n) is 3.78.